The van der Waals surface area contributed by atoms with Gasteiger partial charge in [0.1, 0.15) is 12.4 Å². The molecule has 3 amide bonds. The van der Waals surface area contributed by atoms with Crippen LogP contribution in [0.3, 0.4) is 0 Å². The number of rotatable bonds is 8. The number of carbonyl (C=O) groups excluding carboxylic acids is 2. The maximum Gasteiger partial charge on any atom is 0.322 e. The lowest BCUT2D eigenvalue weighted by atomic mass is 9.92. The van der Waals surface area contributed by atoms with Gasteiger partial charge in [-0.2, -0.15) is 5.10 Å². The van der Waals surface area contributed by atoms with Crippen LogP contribution in [0.2, 0.25) is 20.1 Å². The molecule has 3 aromatic rings. The van der Waals surface area contributed by atoms with Gasteiger partial charge in [0.2, 0.25) is 5.91 Å². The van der Waals surface area contributed by atoms with E-state index >= 15 is 0 Å². The van der Waals surface area contributed by atoms with E-state index in [0.717, 1.165) is 18.5 Å². The van der Waals surface area contributed by atoms with Crippen LogP contribution in [-0.2, 0) is 10.2 Å². The van der Waals surface area contributed by atoms with Gasteiger partial charge in [-0.15, -0.1) is 0 Å². The van der Waals surface area contributed by atoms with Crippen molar-refractivity contribution in [2.75, 3.05) is 23.7 Å². The summed E-state index contributed by atoms with van der Waals surface area (Å²) in [6.07, 6.45) is 1.59. The lowest BCUT2D eigenvalue weighted by molar-refractivity contribution is -0.116. The Hall–Kier alpha value is -2.45. The molecule has 0 atom stereocenters. The number of carbonyl (C=O) groups is 2. The number of nitrogens with one attached hydrogen (secondary N) is 2. The van der Waals surface area contributed by atoms with E-state index in [9.17, 15) is 9.59 Å². The van der Waals surface area contributed by atoms with Gasteiger partial charge >= 0.3 is 6.03 Å². The second-order valence-corrected chi connectivity index (χ2v) is 11.2. The second-order valence-electron chi connectivity index (χ2n) is 9.56. The zero-order chi connectivity index (χ0) is 27.3. The first-order valence-corrected chi connectivity index (χ1v) is 13.3. The SMILES string of the molecule is CCCCN(CC(=O)Nc1cc(C(C)(C)C)nn1-c1ccc(Cl)c(Cl)c1)C(=O)Nc1ccc(Cl)c(Cl)c1. The molecule has 7 nitrogen and oxygen atoms in total. The minimum absolute atomic E-state index is 0.162. The molecule has 0 saturated heterocycles. The van der Waals surface area contributed by atoms with Crippen LogP contribution in [0.25, 0.3) is 5.69 Å². The third-order valence-corrected chi connectivity index (χ3v) is 6.95. The molecule has 2 N–H and O–H groups in total. The third kappa shape index (κ3) is 7.77. The summed E-state index contributed by atoms with van der Waals surface area (Å²) in [6.45, 7) is 8.33. The molecule has 0 radical (unpaired) electrons. The Morgan fingerprint density at radius 3 is 2.16 bits per heavy atom. The van der Waals surface area contributed by atoms with E-state index in [1.165, 1.54) is 4.90 Å². The minimum atomic E-state index is -0.421. The highest BCUT2D eigenvalue weighted by Gasteiger charge is 2.23. The topological polar surface area (TPSA) is 79.3 Å². The molecule has 0 bridgehead atoms. The second kappa shape index (κ2) is 12.4. The van der Waals surface area contributed by atoms with Gasteiger partial charge in [-0.05, 0) is 42.8 Å². The van der Waals surface area contributed by atoms with Gasteiger partial charge in [0, 0.05) is 23.7 Å². The molecule has 1 heterocycles. The molecule has 2 aromatic carbocycles. The fourth-order valence-electron chi connectivity index (χ4n) is 3.38. The summed E-state index contributed by atoms with van der Waals surface area (Å²) < 4.78 is 1.60. The van der Waals surface area contributed by atoms with Gasteiger partial charge in [-0.1, -0.05) is 80.5 Å². The number of halogens is 4. The highest BCUT2D eigenvalue weighted by molar-refractivity contribution is 6.42. The van der Waals surface area contributed by atoms with E-state index in [-0.39, 0.29) is 17.9 Å². The quantitative estimate of drug-likeness (QED) is 0.281. The van der Waals surface area contributed by atoms with Crippen molar-refractivity contribution >= 4 is 69.8 Å². The monoisotopic (exact) mass is 583 g/mol. The molecule has 3 rings (SSSR count). The van der Waals surface area contributed by atoms with Gasteiger partial charge in [0.05, 0.1) is 31.5 Å². The van der Waals surface area contributed by atoms with E-state index in [0.29, 0.717) is 43.8 Å². The number of hydrogen-bond acceptors (Lipinski definition) is 3. The van der Waals surface area contributed by atoms with Crippen molar-refractivity contribution < 1.29 is 9.59 Å². The first-order chi connectivity index (χ1) is 17.4. The standard InChI is InChI=1S/C26H29Cl4N5O2/c1-5-6-11-34(25(37)31-16-7-9-18(27)20(29)12-16)15-24(36)32-23-14-22(26(2,3)4)33-35(23)17-8-10-19(28)21(30)13-17/h7-10,12-14H,5-6,11,15H2,1-4H3,(H,31,37)(H,32,36). The van der Waals surface area contributed by atoms with Crippen molar-refractivity contribution in [3.05, 3.63) is 68.2 Å². The average molecular weight is 585 g/mol. The number of unbranched alkanes of at least 4 members (excludes halogenated alkanes) is 1. The molecule has 37 heavy (non-hydrogen) atoms. The predicted octanol–water partition coefficient (Wildman–Crippen LogP) is 8.06. The fourth-order valence-corrected chi connectivity index (χ4v) is 3.97. The zero-order valence-corrected chi connectivity index (χ0v) is 24.1. The number of urea groups is 1. The number of benzene rings is 2. The maximum absolute atomic E-state index is 13.1. The van der Waals surface area contributed by atoms with Crippen LogP contribution in [0.5, 0.6) is 0 Å². The highest BCUT2D eigenvalue weighted by atomic mass is 35.5. The van der Waals surface area contributed by atoms with Crippen LogP contribution >= 0.6 is 46.4 Å². The zero-order valence-electron chi connectivity index (χ0n) is 21.0. The molecule has 0 aliphatic rings. The van der Waals surface area contributed by atoms with Gasteiger partial charge in [0.15, 0.2) is 0 Å². The van der Waals surface area contributed by atoms with Crippen LogP contribution in [0.1, 0.15) is 46.2 Å². The number of hydrogen-bond donors (Lipinski definition) is 2. The lowest BCUT2D eigenvalue weighted by Crippen LogP contribution is -2.41. The first-order valence-electron chi connectivity index (χ1n) is 11.8. The fraction of sp³-hybridized carbons (Fsp3) is 0.346. The maximum atomic E-state index is 13.1. The van der Waals surface area contributed by atoms with Crippen LogP contribution in [-0.4, -0.2) is 39.7 Å². The van der Waals surface area contributed by atoms with Gasteiger partial charge in [0.25, 0.3) is 0 Å². The third-order valence-electron chi connectivity index (χ3n) is 5.47. The summed E-state index contributed by atoms with van der Waals surface area (Å²) in [5.41, 5.74) is 1.62. The number of amides is 3. The molecule has 0 spiro atoms. The highest BCUT2D eigenvalue weighted by Crippen LogP contribution is 2.30. The predicted molar refractivity (Wildman–Crippen MR) is 153 cm³/mol. The summed E-state index contributed by atoms with van der Waals surface area (Å²) in [7, 11) is 0. The van der Waals surface area contributed by atoms with Gasteiger partial charge in [-0.3, -0.25) is 4.79 Å². The Labute approximate surface area is 237 Å². The van der Waals surface area contributed by atoms with Crippen LogP contribution in [0.4, 0.5) is 16.3 Å². The van der Waals surface area contributed by atoms with Crippen LogP contribution in [0.15, 0.2) is 42.5 Å². The summed E-state index contributed by atoms with van der Waals surface area (Å²) in [5.74, 6) is 0.0794. The van der Waals surface area contributed by atoms with Crippen molar-refractivity contribution in [2.45, 2.75) is 46.0 Å². The van der Waals surface area contributed by atoms with E-state index in [2.05, 4.69) is 10.6 Å². The summed E-state index contributed by atoms with van der Waals surface area (Å²) in [4.78, 5) is 27.6. The molecule has 0 aliphatic carbocycles. The Balaban J connectivity index is 1.83. The molecular weight excluding hydrogens is 556 g/mol. The molecule has 198 valence electrons. The van der Waals surface area contributed by atoms with E-state index in [4.69, 9.17) is 51.5 Å². The van der Waals surface area contributed by atoms with Crippen molar-refractivity contribution in [3.8, 4) is 5.69 Å². The number of nitrogens with zero attached hydrogens (tertiary/aromatic N) is 3. The molecule has 1 aromatic heterocycles. The largest absolute Gasteiger partial charge is 0.322 e. The lowest BCUT2D eigenvalue weighted by Gasteiger charge is -2.22. The minimum Gasteiger partial charge on any atom is -0.315 e. The van der Waals surface area contributed by atoms with E-state index < -0.39 is 6.03 Å². The average Bonchev–Trinajstić information content (AvgIpc) is 3.25. The summed E-state index contributed by atoms with van der Waals surface area (Å²) in [6, 6.07) is 11.3. The van der Waals surface area contributed by atoms with Crippen LogP contribution in [0, 0.1) is 0 Å². The Kier molecular flexibility index (Phi) is 9.75. The molecule has 0 fully saturated rings. The Morgan fingerprint density at radius 1 is 0.919 bits per heavy atom. The smallest absolute Gasteiger partial charge is 0.315 e. The van der Waals surface area contributed by atoms with E-state index in [1.807, 2.05) is 33.8 Å². The molecular formula is C26H29Cl4N5O2. The number of anilines is 2. The van der Waals surface area contributed by atoms with Gasteiger partial charge in [-0.25, -0.2) is 9.48 Å². The molecule has 0 unspecified atom stereocenters. The van der Waals surface area contributed by atoms with Crippen molar-refractivity contribution in [2.24, 2.45) is 0 Å². The molecule has 0 saturated carbocycles. The normalized spacial score (nSPS) is 11.4. The first kappa shape index (κ1) is 29.1. The van der Waals surface area contributed by atoms with Crippen LogP contribution < -0.4 is 10.6 Å². The van der Waals surface area contributed by atoms with Gasteiger partial charge < -0.3 is 15.5 Å². The van der Waals surface area contributed by atoms with E-state index in [1.54, 1.807) is 41.1 Å². The van der Waals surface area contributed by atoms with Crippen molar-refractivity contribution in [3.63, 3.8) is 0 Å². The molecule has 0 aliphatic heterocycles. The summed E-state index contributed by atoms with van der Waals surface area (Å²) in [5, 5.41) is 11.9. The number of aromatic nitrogens is 2. The summed E-state index contributed by atoms with van der Waals surface area (Å²) >= 11 is 24.3. The van der Waals surface area contributed by atoms with Crippen molar-refractivity contribution in [1.82, 2.24) is 14.7 Å². The Bertz CT molecular complexity index is 1290. The Morgan fingerprint density at radius 2 is 1.57 bits per heavy atom. The van der Waals surface area contributed by atoms with Crippen molar-refractivity contribution in [1.29, 1.82) is 0 Å². The molecule has 11 heteroatoms.